The summed E-state index contributed by atoms with van der Waals surface area (Å²) in [5.74, 6) is 0.115. The number of nitrogens with zero attached hydrogens (tertiary/aromatic N) is 1. The van der Waals surface area contributed by atoms with Gasteiger partial charge in [-0.25, -0.2) is 0 Å². The van der Waals surface area contributed by atoms with Crippen LogP contribution in [0, 0.1) is 23.7 Å². The van der Waals surface area contributed by atoms with Crippen molar-refractivity contribution < 1.29 is 28.8 Å². The predicted molar refractivity (Wildman–Crippen MR) is 223 cm³/mol. The Balaban J connectivity index is 1.33. The van der Waals surface area contributed by atoms with Gasteiger partial charge in [0, 0.05) is 16.8 Å². The topological polar surface area (TPSA) is 3.24 Å². The van der Waals surface area contributed by atoms with Gasteiger partial charge >= 0.3 is 0 Å². The van der Waals surface area contributed by atoms with E-state index in [1.165, 1.54) is 0 Å². The molecule has 0 aromatic heterocycles. The molecule has 4 bridgehead atoms. The molecule has 4 fully saturated rings. The molecule has 6 aromatic rings. The van der Waals surface area contributed by atoms with E-state index in [0.717, 1.165) is 11.3 Å². The highest BCUT2D eigenvalue weighted by Gasteiger charge is 2.61. The molecule has 6 aliphatic carbocycles. The quantitative estimate of drug-likeness (QED) is 0.176. The monoisotopic (exact) mass is 711 g/mol. The molecule has 53 heavy (non-hydrogen) atoms. The maximum atomic E-state index is 10.7. The summed E-state index contributed by atoms with van der Waals surface area (Å²) in [4.78, 5) is 1.08. The first kappa shape index (κ1) is 17.2. The predicted octanol–water partition coefficient (Wildman–Crippen LogP) is 14.0. The Morgan fingerprint density at radius 2 is 1.13 bits per heavy atom. The zero-order chi connectivity index (χ0) is 54.0. The highest BCUT2D eigenvalue weighted by molar-refractivity contribution is 5.97. The van der Waals surface area contributed by atoms with Crippen LogP contribution in [0.2, 0.25) is 0 Å². The van der Waals surface area contributed by atoms with E-state index in [2.05, 4.69) is 0 Å². The van der Waals surface area contributed by atoms with Gasteiger partial charge < -0.3 is 4.90 Å². The number of rotatable bonds is 4. The molecule has 4 saturated carbocycles. The third-order valence-corrected chi connectivity index (χ3v) is 13.4. The van der Waals surface area contributed by atoms with E-state index >= 15 is 0 Å². The first-order valence-electron chi connectivity index (χ1n) is 29.3. The van der Waals surface area contributed by atoms with E-state index in [1.807, 2.05) is 27.7 Å². The van der Waals surface area contributed by atoms with Crippen molar-refractivity contribution in [2.75, 3.05) is 4.90 Å². The third kappa shape index (κ3) is 4.49. The zero-order valence-electron chi connectivity index (χ0n) is 51.2. The van der Waals surface area contributed by atoms with Crippen LogP contribution in [0.25, 0.3) is 33.0 Å². The van der Waals surface area contributed by atoms with Gasteiger partial charge in [0.1, 0.15) is 0 Å². The normalized spacial score (nSPS) is 32.3. The summed E-state index contributed by atoms with van der Waals surface area (Å²) in [7, 11) is 0. The average Bonchev–Trinajstić information content (AvgIpc) is 3.67. The van der Waals surface area contributed by atoms with E-state index in [9.17, 15) is 16.4 Å². The van der Waals surface area contributed by atoms with Gasteiger partial charge in [0.2, 0.25) is 0 Å². The van der Waals surface area contributed by atoms with Gasteiger partial charge in [0.15, 0.2) is 0 Å². The highest BCUT2D eigenvalue weighted by atomic mass is 15.1. The van der Waals surface area contributed by atoms with Crippen LogP contribution in [0.15, 0.2) is 127 Å². The summed E-state index contributed by atoms with van der Waals surface area (Å²) >= 11 is 0. The number of hydrogen-bond donors (Lipinski definition) is 0. The van der Waals surface area contributed by atoms with Gasteiger partial charge in [-0.15, -0.1) is 0 Å². The lowest BCUT2D eigenvalue weighted by Gasteiger charge is -2.61. The molecule has 12 rings (SSSR count). The second-order valence-corrected chi connectivity index (χ2v) is 17.2. The lowest BCUT2D eigenvalue weighted by atomic mass is 9.43. The van der Waals surface area contributed by atoms with Gasteiger partial charge in [-0.1, -0.05) is 124 Å². The van der Waals surface area contributed by atoms with Crippen LogP contribution in [-0.2, 0) is 16.2 Å². The Morgan fingerprint density at radius 3 is 1.92 bits per heavy atom. The van der Waals surface area contributed by atoms with Gasteiger partial charge in [0.05, 0.1) is 34.5 Å². The van der Waals surface area contributed by atoms with Crippen LogP contribution in [0.4, 0.5) is 17.1 Å². The molecule has 0 saturated heterocycles. The molecular weight excluding hydrogens is 639 g/mol. The van der Waals surface area contributed by atoms with Crippen LogP contribution < -0.4 is 4.90 Å². The molecule has 0 heterocycles. The van der Waals surface area contributed by atoms with Crippen molar-refractivity contribution in [2.45, 2.75) is 88.9 Å². The third-order valence-electron chi connectivity index (χ3n) is 13.4. The Morgan fingerprint density at radius 1 is 0.528 bits per heavy atom. The molecule has 264 valence electrons. The Labute approximate surface area is 345 Å². The van der Waals surface area contributed by atoms with Crippen molar-refractivity contribution >= 4 is 27.8 Å². The standard InChI is InChI=1S/C52H51N/c1-50(2)25-26-51(3,4)49-46(50)17-10-18-48(49)53(39-21-19-36(20-22-39)42-15-9-12-35-11-5-6-13-41(35)42)40-23-24-44-43-14-7-8-16-45(43)52(47(44)32-40)37-28-33-27-34(30-37)31-38(52)29-33/h5-24,32-34,37-38H,25-31H2,1-4H3/i5D,6D,7D,8D,9D,10D,11D,12D,13D,14D,15D,16D,17D,18D,19D,20D,21D,22D,23D,24D,32D. The molecule has 0 radical (unpaired) electrons. The van der Waals surface area contributed by atoms with E-state index in [-0.39, 0.29) is 51.9 Å². The van der Waals surface area contributed by atoms with Crippen LogP contribution in [0.5, 0.6) is 0 Å². The van der Waals surface area contributed by atoms with Crippen LogP contribution in [0.3, 0.4) is 0 Å². The lowest BCUT2D eigenvalue weighted by molar-refractivity contribution is -0.0399. The largest absolute Gasteiger partial charge is 0.310 e. The molecule has 1 heteroatoms. The summed E-state index contributed by atoms with van der Waals surface area (Å²) in [6.45, 7) is 7.50. The van der Waals surface area contributed by atoms with E-state index in [4.69, 9.17) is 12.3 Å². The van der Waals surface area contributed by atoms with Crippen molar-refractivity contribution in [1.82, 2.24) is 0 Å². The summed E-state index contributed by atoms with van der Waals surface area (Å²) < 4.78 is 197. The van der Waals surface area contributed by atoms with E-state index in [1.54, 1.807) is 0 Å². The number of hydrogen-bond acceptors (Lipinski definition) is 1. The van der Waals surface area contributed by atoms with E-state index in [0.29, 0.717) is 61.5 Å². The fourth-order valence-electron chi connectivity index (χ4n) is 11.2. The van der Waals surface area contributed by atoms with Crippen LogP contribution >= 0.6 is 0 Å². The first-order valence-corrected chi connectivity index (χ1v) is 18.8. The first-order chi connectivity index (χ1) is 34.5. The van der Waals surface area contributed by atoms with Gasteiger partial charge in [-0.3, -0.25) is 0 Å². The van der Waals surface area contributed by atoms with Crippen molar-refractivity contribution in [2.24, 2.45) is 23.7 Å². The minimum Gasteiger partial charge on any atom is -0.310 e. The molecule has 6 aliphatic rings. The molecule has 1 nitrogen and oxygen atoms in total. The maximum Gasteiger partial charge on any atom is 0.0648 e. The second kappa shape index (κ2) is 11.2. The van der Waals surface area contributed by atoms with Crippen molar-refractivity contribution in [3.8, 4) is 22.3 Å². The fourth-order valence-corrected chi connectivity index (χ4v) is 11.2. The molecule has 6 aromatic carbocycles. The zero-order valence-corrected chi connectivity index (χ0v) is 30.2. The van der Waals surface area contributed by atoms with Crippen molar-refractivity contribution in [3.63, 3.8) is 0 Å². The number of anilines is 3. The average molecular weight is 711 g/mol. The molecule has 0 N–H and O–H groups in total. The van der Waals surface area contributed by atoms with Crippen molar-refractivity contribution in [3.05, 3.63) is 149 Å². The summed E-state index contributed by atoms with van der Waals surface area (Å²) in [6, 6.07) is -13.8. The van der Waals surface area contributed by atoms with Gasteiger partial charge in [-0.05, 0) is 165 Å². The molecule has 1 spiro atoms. The SMILES string of the molecule is [2H]c1c([2H])c([2H])c2c(c1[2H])-c1c([2H])c([2H])c(N(c3c([2H])c([2H])c(-c4c([2H])c([2H])c([2H])c5c([2H])c([2H])c([2H])c([2H])c45)c([2H])c3[2H])c3c([2H])c([2H])c([2H])c4c3C(C)(C)CCC4(C)C)c([2H])c1C21C2CC3CC(C2)CC1C3. The Hall–Kier alpha value is -4.62. The molecular formula is C52H51N. The maximum absolute atomic E-state index is 10.7. The number of benzene rings is 6. The van der Waals surface area contributed by atoms with Crippen molar-refractivity contribution in [1.29, 1.82) is 0 Å². The Kier molecular flexibility index (Phi) is 3.64. The van der Waals surface area contributed by atoms with E-state index < -0.39 is 164 Å². The summed E-state index contributed by atoms with van der Waals surface area (Å²) in [6.07, 6.45) is 4.66. The fraction of sp³-hybridized carbons (Fsp3) is 0.346. The molecule has 0 amide bonds. The van der Waals surface area contributed by atoms with Crippen LogP contribution in [0.1, 0.15) is 124 Å². The summed E-state index contributed by atoms with van der Waals surface area (Å²) in [5.41, 5.74) is -4.53. The van der Waals surface area contributed by atoms with Crippen LogP contribution in [-0.4, -0.2) is 0 Å². The lowest BCUT2D eigenvalue weighted by Crippen LogP contribution is -2.55. The summed E-state index contributed by atoms with van der Waals surface area (Å²) in [5, 5.41) is -0.971. The molecule has 0 aliphatic heterocycles. The highest BCUT2D eigenvalue weighted by Crippen LogP contribution is 2.69. The Bertz CT molecular complexity index is 3550. The molecule has 0 unspecified atom stereocenters. The smallest absolute Gasteiger partial charge is 0.0648 e. The molecule has 0 atom stereocenters. The van der Waals surface area contributed by atoms with Gasteiger partial charge in [0.25, 0.3) is 0 Å². The minimum atomic E-state index is -1.27. The number of fused-ring (bicyclic) bond motifs is 5. The minimum absolute atomic E-state index is 0.00574. The second-order valence-electron chi connectivity index (χ2n) is 17.2. The van der Waals surface area contributed by atoms with Gasteiger partial charge in [-0.2, -0.15) is 0 Å².